The molecule has 2 unspecified atom stereocenters. The summed E-state index contributed by atoms with van der Waals surface area (Å²) in [5.41, 5.74) is 2.29. The normalized spacial score (nSPS) is 17.7. The molecular formula is C23H31N3O2. The van der Waals surface area contributed by atoms with E-state index in [4.69, 9.17) is 4.74 Å². The highest BCUT2D eigenvalue weighted by Crippen LogP contribution is 2.23. The summed E-state index contributed by atoms with van der Waals surface area (Å²) in [5, 5.41) is 3.13. The van der Waals surface area contributed by atoms with Crippen LogP contribution in [0.5, 0.6) is 5.75 Å². The Bertz CT molecular complexity index is 748. The number of hydrogen-bond acceptors (Lipinski definition) is 3. The predicted octanol–water partition coefficient (Wildman–Crippen LogP) is 4.46. The van der Waals surface area contributed by atoms with Crippen molar-refractivity contribution in [3.63, 3.8) is 0 Å². The molecule has 150 valence electrons. The number of carbonyl (C=O) groups is 1. The number of nitrogens with zero attached hydrogens (tertiary/aromatic N) is 2. The SMILES string of the molecule is CCOc1ccc(C(C)NC(=O)N(C)C2CCCN(c3ccccc3)C2)cc1. The third-order valence-electron chi connectivity index (χ3n) is 5.42. The Morgan fingerprint density at radius 1 is 1.21 bits per heavy atom. The Kier molecular flexibility index (Phi) is 6.80. The van der Waals surface area contributed by atoms with E-state index < -0.39 is 0 Å². The number of para-hydroxylation sites is 1. The van der Waals surface area contributed by atoms with Crippen LogP contribution in [0.25, 0.3) is 0 Å². The van der Waals surface area contributed by atoms with Crippen molar-refractivity contribution in [3.05, 3.63) is 60.2 Å². The largest absolute Gasteiger partial charge is 0.494 e. The van der Waals surface area contributed by atoms with Gasteiger partial charge in [-0.2, -0.15) is 0 Å². The maximum atomic E-state index is 12.8. The number of benzene rings is 2. The van der Waals surface area contributed by atoms with E-state index in [0.717, 1.165) is 37.2 Å². The smallest absolute Gasteiger partial charge is 0.317 e. The van der Waals surface area contributed by atoms with Crippen LogP contribution in [0.15, 0.2) is 54.6 Å². The van der Waals surface area contributed by atoms with Crippen LogP contribution in [-0.2, 0) is 0 Å². The molecule has 0 saturated carbocycles. The molecule has 0 radical (unpaired) electrons. The molecule has 0 bridgehead atoms. The van der Waals surface area contributed by atoms with Crippen LogP contribution in [0.1, 0.15) is 38.3 Å². The van der Waals surface area contributed by atoms with Gasteiger partial charge in [0, 0.05) is 25.8 Å². The lowest BCUT2D eigenvalue weighted by Crippen LogP contribution is -2.51. The van der Waals surface area contributed by atoms with Gasteiger partial charge in [-0.25, -0.2) is 4.79 Å². The number of hydrogen-bond donors (Lipinski definition) is 1. The van der Waals surface area contributed by atoms with Crippen molar-refractivity contribution in [2.75, 3.05) is 31.6 Å². The highest BCUT2D eigenvalue weighted by Gasteiger charge is 2.27. The topological polar surface area (TPSA) is 44.8 Å². The van der Waals surface area contributed by atoms with Crippen molar-refractivity contribution < 1.29 is 9.53 Å². The summed E-state index contributed by atoms with van der Waals surface area (Å²) in [6.07, 6.45) is 2.12. The second-order valence-corrected chi connectivity index (χ2v) is 7.36. The Morgan fingerprint density at radius 2 is 1.93 bits per heavy atom. The maximum absolute atomic E-state index is 12.8. The first-order chi connectivity index (χ1) is 13.6. The molecule has 1 saturated heterocycles. The first kappa shape index (κ1) is 20.1. The van der Waals surface area contributed by atoms with Crippen molar-refractivity contribution in [1.29, 1.82) is 0 Å². The van der Waals surface area contributed by atoms with Gasteiger partial charge in [-0.1, -0.05) is 30.3 Å². The Labute approximate surface area is 168 Å². The van der Waals surface area contributed by atoms with Crippen LogP contribution in [0, 0.1) is 0 Å². The zero-order valence-electron chi connectivity index (χ0n) is 17.1. The molecule has 0 aromatic heterocycles. The lowest BCUT2D eigenvalue weighted by atomic mass is 10.0. The summed E-state index contributed by atoms with van der Waals surface area (Å²) < 4.78 is 5.49. The Hall–Kier alpha value is -2.69. The lowest BCUT2D eigenvalue weighted by molar-refractivity contribution is 0.179. The number of carbonyl (C=O) groups excluding carboxylic acids is 1. The summed E-state index contributed by atoms with van der Waals surface area (Å²) >= 11 is 0. The van der Waals surface area contributed by atoms with Crippen LogP contribution in [0.3, 0.4) is 0 Å². The van der Waals surface area contributed by atoms with E-state index in [1.54, 1.807) is 0 Å². The van der Waals surface area contributed by atoms with Crippen LogP contribution < -0.4 is 15.0 Å². The van der Waals surface area contributed by atoms with Crippen LogP contribution in [-0.4, -0.2) is 43.7 Å². The van der Waals surface area contributed by atoms with E-state index in [2.05, 4.69) is 34.5 Å². The first-order valence-electron chi connectivity index (χ1n) is 10.1. The van der Waals surface area contributed by atoms with Crippen molar-refractivity contribution in [3.8, 4) is 5.75 Å². The number of piperidine rings is 1. The molecule has 5 heteroatoms. The summed E-state index contributed by atoms with van der Waals surface area (Å²) in [7, 11) is 1.90. The zero-order valence-corrected chi connectivity index (χ0v) is 17.1. The van der Waals surface area contributed by atoms with Gasteiger partial charge in [0.2, 0.25) is 0 Å². The first-order valence-corrected chi connectivity index (χ1v) is 10.1. The Morgan fingerprint density at radius 3 is 2.61 bits per heavy atom. The summed E-state index contributed by atoms with van der Waals surface area (Å²) in [6.45, 7) is 6.54. The fraction of sp³-hybridized carbons (Fsp3) is 0.435. The second-order valence-electron chi connectivity index (χ2n) is 7.36. The van der Waals surface area contributed by atoms with Gasteiger partial charge in [0.05, 0.1) is 18.7 Å². The van der Waals surface area contributed by atoms with Gasteiger partial charge >= 0.3 is 6.03 Å². The van der Waals surface area contributed by atoms with E-state index in [1.807, 2.05) is 56.1 Å². The number of nitrogens with one attached hydrogen (secondary N) is 1. The van der Waals surface area contributed by atoms with Gasteiger partial charge in [-0.05, 0) is 56.5 Å². The third-order valence-corrected chi connectivity index (χ3v) is 5.42. The molecule has 0 aliphatic carbocycles. The molecule has 1 N–H and O–H groups in total. The van der Waals surface area contributed by atoms with Crippen molar-refractivity contribution in [2.45, 2.75) is 38.8 Å². The summed E-state index contributed by atoms with van der Waals surface area (Å²) in [5.74, 6) is 0.852. The van der Waals surface area contributed by atoms with Crippen LogP contribution in [0.4, 0.5) is 10.5 Å². The molecule has 28 heavy (non-hydrogen) atoms. The quantitative estimate of drug-likeness (QED) is 0.804. The second kappa shape index (κ2) is 9.49. The summed E-state index contributed by atoms with van der Waals surface area (Å²) in [4.78, 5) is 17.0. The number of rotatable bonds is 6. The van der Waals surface area contributed by atoms with E-state index in [9.17, 15) is 4.79 Å². The minimum absolute atomic E-state index is 0.0266. The number of anilines is 1. The van der Waals surface area contributed by atoms with Crippen molar-refractivity contribution in [2.24, 2.45) is 0 Å². The van der Waals surface area contributed by atoms with Crippen molar-refractivity contribution >= 4 is 11.7 Å². The highest BCUT2D eigenvalue weighted by atomic mass is 16.5. The highest BCUT2D eigenvalue weighted by molar-refractivity contribution is 5.75. The number of likely N-dealkylation sites (N-methyl/N-ethyl adjacent to an activating group) is 1. The molecule has 1 fully saturated rings. The molecule has 2 amide bonds. The minimum atomic E-state index is -0.0561. The fourth-order valence-corrected chi connectivity index (χ4v) is 3.70. The van der Waals surface area contributed by atoms with Gasteiger partial charge in [-0.15, -0.1) is 0 Å². The van der Waals surface area contributed by atoms with Gasteiger partial charge in [0.15, 0.2) is 0 Å². The molecular weight excluding hydrogens is 350 g/mol. The Balaban J connectivity index is 1.57. The van der Waals surface area contributed by atoms with E-state index in [1.165, 1.54) is 5.69 Å². The van der Waals surface area contributed by atoms with Crippen molar-refractivity contribution in [1.82, 2.24) is 10.2 Å². The molecule has 2 aromatic carbocycles. The van der Waals surface area contributed by atoms with Gasteiger partial charge in [-0.3, -0.25) is 0 Å². The van der Waals surface area contributed by atoms with Gasteiger partial charge in [0.1, 0.15) is 5.75 Å². The average molecular weight is 382 g/mol. The van der Waals surface area contributed by atoms with Crippen LogP contribution >= 0.6 is 0 Å². The molecule has 2 atom stereocenters. The van der Waals surface area contributed by atoms with Gasteiger partial charge < -0.3 is 19.9 Å². The minimum Gasteiger partial charge on any atom is -0.494 e. The number of urea groups is 1. The third kappa shape index (κ3) is 4.97. The van der Waals surface area contributed by atoms with Crippen LogP contribution in [0.2, 0.25) is 0 Å². The zero-order chi connectivity index (χ0) is 19.9. The van der Waals surface area contributed by atoms with E-state index in [0.29, 0.717) is 6.61 Å². The number of ether oxygens (including phenoxy) is 1. The molecule has 1 heterocycles. The fourth-order valence-electron chi connectivity index (χ4n) is 3.70. The standard InChI is InChI=1S/C23H31N3O2/c1-4-28-22-14-12-19(13-15-22)18(2)24-23(27)25(3)21-11-8-16-26(17-21)20-9-6-5-7-10-20/h5-7,9-10,12-15,18,21H,4,8,11,16-17H2,1-3H3,(H,24,27). The van der Waals surface area contributed by atoms with E-state index in [-0.39, 0.29) is 18.1 Å². The molecule has 1 aliphatic heterocycles. The van der Waals surface area contributed by atoms with Gasteiger partial charge in [0.25, 0.3) is 0 Å². The summed E-state index contributed by atoms with van der Waals surface area (Å²) in [6, 6.07) is 18.5. The molecule has 5 nitrogen and oxygen atoms in total. The molecule has 1 aliphatic rings. The predicted molar refractivity (Wildman–Crippen MR) is 114 cm³/mol. The average Bonchev–Trinajstić information content (AvgIpc) is 2.74. The lowest BCUT2D eigenvalue weighted by Gasteiger charge is -2.39. The monoisotopic (exact) mass is 381 g/mol. The molecule has 3 rings (SSSR count). The maximum Gasteiger partial charge on any atom is 0.317 e. The molecule has 2 aromatic rings. The molecule has 0 spiro atoms. The van der Waals surface area contributed by atoms with E-state index >= 15 is 0 Å². The number of amides is 2.